The number of hydrogen-bond donors (Lipinski definition) is 1. The molecule has 0 aromatic heterocycles. The van der Waals surface area contributed by atoms with E-state index in [4.69, 9.17) is 27.9 Å². The van der Waals surface area contributed by atoms with E-state index in [2.05, 4.69) is 5.32 Å². The lowest BCUT2D eigenvalue weighted by Crippen LogP contribution is -2.52. The smallest absolute Gasteiger partial charge is 0.264 e. The van der Waals surface area contributed by atoms with Crippen molar-refractivity contribution < 1.29 is 22.7 Å². The summed E-state index contributed by atoms with van der Waals surface area (Å²) in [5, 5.41) is 3.62. The van der Waals surface area contributed by atoms with Gasteiger partial charge in [0.05, 0.1) is 22.7 Å². The molecular weight excluding hydrogens is 585 g/mol. The molecule has 2 amide bonds. The number of methoxy groups -OCH3 is 1. The first-order chi connectivity index (χ1) is 19.4. The number of carbonyl (C=O) groups excluding carboxylic acids is 2. The Morgan fingerprint density at radius 3 is 2.17 bits per heavy atom. The van der Waals surface area contributed by atoms with Gasteiger partial charge in [0.2, 0.25) is 11.8 Å². The molecule has 0 aliphatic rings. The molecule has 0 bridgehead atoms. The lowest BCUT2D eigenvalue weighted by atomic mass is 10.1. The summed E-state index contributed by atoms with van der Waals surface area (Å²) < 4.78 is 34.1. The molecule has 3 rings (SSSR count). The molecule has 220 valence electrons. The van der Waals surface area contributed by atoms with Gasteiger partial charge in [-0.25, -0.2) is 8.42 Å². The average Bonchev–Trinajstić information content (AvgIpc) is 2.95. The molecule has 0 saturated heterocycles. The molecule has 1 N–H and O–H groups in total. The van der Waals surface area contributed by atoms with Crippen LogP contribution < -0.4 is 14.4 Å². The zero-order valence-corrected chi connectivity index (χ0v) is 26.1. The number of halogens is 2. The highest BCUT2D eigenvalue weighted by atomic mass is 35.5. The van der Waals surface area contributed by atoms with Gasteiger partial charge in [0.15, 0.2) is 0 Å². The third-order valence-corrected chi connectivity index (χ3v) is 9.08. The number of sulfonamides is 1. The molecule has 11 heteroatoms. The number of aryl methyl sites for hydroxylation is 1. The monoisotopic (exact) mass is 619 g/mol. The molecule has 0 aliphatic carbocycles. The summed E-state index contributed by atoms with van der Waals surface area (Å²) in [6, 6.07) is 16.7. The second-order valence-electron chi connectivity index (χ2n) is 9.79. The van der Waals surface area contributed by atoms with E-state index in [9.17, 15) is 18.0 Å². The van der Waals surface area contributed by atoms with Crippen LogP contribution in [0, 0.1) is 6.92 Å². The van der Waals surface area contributed by atoms with E-state index in [1.807, 2.05) is 20.8 Å². The van der Waals surface area contributed by atoms with Gasteiger partial charge in [-0.1, -0.05) is 60.0 Å². The number of carbonyl (C=O) groups is 2. The minimum absolute atomic E-state index is 0.00894. The molecule has 2 atom stereocenters. The van der Waals surface area contributed by atoms with Crippen LogP contribution in [0.2, 0.25) is 10.0 Å². The van der Waals surface area contributed by atoms with E-state index >= 15 is 0 Å². The van der Waals surface area contributed by atoms with Crippen molar-refractivity contribution in [3.05, 3.63) is 87.9 Å². The highest BCUT2D eigenvalue weighted by molar-refractivity contribution is 7.92. The number of benzene rings is 3. The van der Waals surface area contributed by atoms with Crippen LogP contribution in [-0.2, 0) is 26.2 Å². The zero-order valence-electron chi connectivity index (χ0n) is 23.7. The molecule has 8 nitrogen and oxygen atoms in total. The second kappa shape index (κ2) is 14.1. The first kappa shape index (κ1) is 32.2. The molecule has 3 aromatic carbocycles. The lowest BCUT2D eigenvalue weighted by molar-refractivity contribution is -0.139. The number of amides is 2. The molecule has 2 unspecified atom stereocenters. The fourth-order valence-electron chi connectivity index (χ4n) is 4.01. The molecule has 0 saturated carbocycles. The van der Waals surface area contributed by atoms with Crippen LogP contribution in [0.4, 0.5) is 5.69 Å². The van der Waals surface area contributed by atoms with Gasteiger partial charge in [-0.15, -0.1) is 0 Å². The zero-order chi connectivity index (χ0) is 30.3. The molecule has 41 heavy (non-hydrogen) atoms. The van der Waals surface area contributed by atoms with Gasteiger partial charge in [0.1, 0.15) is 18.3 Å². The van der Waals surface area contributed by atoms with Gasteiger partial charge in [0.25, 0.3) is 10.0 Å². The van der Waals surface area contributed by atoms with E-state index in [0.717, 1.165) is 15.4 Å². The first-order valence-electron chi connectivity index (χ1n) is 13.1. The Bertz CT molecular complexity index is 1460. The van der Waals surface area contributed by atoms with Crippen LogP contribution in [0.1, 0.15) is 38.3 Å². The summed E-state index contributed by atoms with van der Waals surface area (Å²) in [5.41, 5.74) is 1.79. The molecule has 0 radical (unpaired) electrons. The average molecular weight is 621 g/mol. The van der Waals surface area contributed by atoms with Gasteiger partial charge in [-0.05, 0) is 75.2 Å². The fourth-order valence-corrected chi connectivity index (χ4v) is 5.80. The first-order valence-corrected chi connectivity index (χ1v) is 15.3. The number of ether oxygens (including phenoxy) is 1. The van der Waals surface area contributed by atoms with Gasteiger partial charge >= 0.3 is 0 Å². The van der Waals surface area contributed by atoms with Gasteiger partial charge in [-0.3, -0.25) is 13.9 Å². The Labute approximate surface area is 252 Å². The number of rotatable bonds is 12. The minimum Gasteiger partial charge on any atom is -0.495 e. The highest BCUT2D eigenvalue weighted by Gasteiger charge is 2.33. The standard InChI is InChI=1S/C30H35Cl2N3O5S/c1-6-21(3)33-30(37)22(4)34(18-23-9-11-24(31)12-10-23)29(36)19-35(25-13-16-28(40-5)27(32)17-25)41(38,39)26-14-7-20(2)8-15-26/h7-17,21-22H,6,18-19H2,1-5H3,(H,33,37). The van der Waals surface area contributed by atoms with E-state index in [-0.39, 0.29) is 34.1 Å². The predicted octanol–water partition coefficient (Wildman–Crippen LogP) is 5.84. The Balaban J connectivity index is 2.06. The van der Waals surface area contributed by atoms with Crippen molar-refractivity contribution in [1.29, 1.82) is 0 Å². The maximum absolute atomic E-state index is 14.0. The van der Waals surface area contributed by atoms with Crippen molar-refractivity contribution in [3.8, 4) is 5.75 Å². The summed E-state index contributed by atoms with van der Waals surface area (Å²) in [7, 11) is -2.76. The maximum Gasteiger partial charge on any atom is 0.264 e. The third kappa shape index (κ3) is 8.15. The van der Waals surface area contributed by atoms with Crippen LogP contribution in [0.3, 0.4) is 0 Å². The van der Waals surface area contributed by atoms with Gasteiger partial charge < -0.3 is 15.0 Å². The van der Waals surface area contributed by atoms with E-state index in [1.165, 1.54) is 42.3 Å². The summed E-state index contributed by atoms with van der Waals surface area (Å²) in [6.45, 7) is 6.77. The van der Waals surface area contributed by atoms with Crippen LogP contribution in [-0.4, -0.2) is 50.9 Å². The SMILES string of the molecule is CCC(C)NC(=O)C(C)N(Cc1ccc(Cl)cc1)C(=O)CN(c1ccc(OC)c(Cl)c1)S(=O)(=O)c1ccc(C)cc1. The predicted molar refractivity (Wildman–Crippen MR) is 163 cm³/mol. The van der Waals surface area contributed by atoms with Gasteiger partial charge in [-0.2, -0.15) is 0 Å². The Kier molecular flexibility index (Phi) is 11.1. The molecule has 3 aromatic rings. The lowest BCUT2D eigenvalue weighted by Gasteiger charge is -2.32. The second-order valence-corrected chi connectivity index (χ2v) is 12.5. The van der Waals surface area contributed by atoms with Crippen LogP contribution in [0.5, 0.6) is 5.75 Å². The molecule has 0 spiro atoms. The van der Waals surface area contributed by atoms with Crippen molar-refractivity contribution in [3.63, 3.8) is 0 Å². The van der Waals surface area contributed by atoms with Crippen LogP contribution in [0.15, 0.2) is 71.6 Å². The van der Waals surface area contributed by atoms with Crippen molar-refractivity contribution in [2.45, 2.75) is 57.6 Å². The molecular formula is C30H35Cl2N3O5S. The van der Waals surface area contributed by atoms with Gasteiger partial charge in [0, 0.05) is 17.6 Å². The largest absolute Gasteiger partial charge is 0.495 e. The maximum atomic E-state index is 14.0. The summed E-state index contributed by atoms with van der Waals surface area (Å²) in [4.78, 5) is 28.5. The number of anilines is 1. The quantitative estimate of drug-likeness (QED) is 0.275. The van der Waals surface area contributed by atoms with E-state index in [0.29, 0.717) is 17.2 Å². The Morgan fingerprint density at radius 1 is 0.976 bits per heavy atom. The molecule has 0 aliphatic heterocycles. The molecule has 0 fully saturated rings. The van der Waals surface area contributed by atoms with Crippen molar-refractivity contribution in [1.82, 2.24) is 10.2 Å². The topological polar surface area (TPSA) is 96.0 Å². The summed E-state index contributed by atoms with van der Waals surface area (Å²) in [5.74, 6) is -0.564. The summed E-state index contributed by atoms with van der Waals surface area (Å²) in [6.07, 6.45) is 0.713. The highest BCUT2D eigenvalue weighted by Crippen LogP contribution is 2.32. The van der Waals surface area contributed by atoms with Crippen LogP contribution >= 0.6 is 23.2 Å². The Morgan fingerprint density at radius 2 is 1.61 bits per heavy atom. The van der Waals surface area contributed by atoms with E-state index < -0.39 is 28.5 Å². The van der Waals surface area contributed by atoms with Crippen molar-refractivity contribution in [2.24, 2.45) is 0 Å². The summed E-state index contributed by atoms with van der Waals surface area (Å²) >= 11 is 12.4. The van der Waals surface area contributed by atoms with Crippen LogP contribution in [0.25, 0.3) is 0 Å². The third-order valence-electron chi connectivity index (χ3n) is 6.75. The van der Waals surface area contributed by atoms with E-state index in [1.54, 1.807) is 43.3 Å². The molecule has 0 heterocycles. The van der Waals surface area contributed by atoms with Crippen molar-refractivity contribution in [2.75, 3.05) is 18.0 Å². The minimum atomic E-state index is -4.21. The number of hydrogen-bond acceptors (Lipinski definition) is 5. The fraction of sp³-hybridized carbons (Fsp3) is 0.333. The normalized spacial score (nSPS) is 12.8. The Hall–Kier alpha value is -3.27. The number of nitrogens with one attached hydrogen (secondary N) is 1. The number of nitrogens with zero attached hydrogens (tertiary/aromatic N) is 2. The van der Waals surface area contributed by atoms with Crippen molar-refractivity contribution >= 4 is 50.7 Å².